The Kier molecular flexibility index (Phi) is 15.4. The van der Waals surface area contributed by atoms with Gasteiger partial charge in [-0.3, -0.25) is 19.6 Å². The molecular weight excluding hydrogens is 744 g/mol. The van der Waals surface area contributed by atoms with Crippen molar-refractivity contribution < 1.29 is 37.3 Å². The van der Waals surface area contributed by atoms with E-state index in [4.69, 9.17) is 4.74 Å². The molecule has 0 spiro atoms. The standard InChI is InChI=1S/C20H22N8O3.C15H14N8O.ClH/c1-20(2,3)31-19(30)23-9-4-6-15(29)13-7-8-14(24-12-13)16-25-27-18(28-26-16)17-21-10-5-11-22-17;16-6-1-3-12(24)10-4-5-11(19-9-10)13-20-22-15(23-21-13)14-17-7-2-8-18-14;/h5,7-8,10-12H,4,6,9H2,1-3H3,(H,23,30);2,4-5,7-9H,1,3,6,16H2;1H. The summed E-state index contributed by atoms with van der Waals surface area (Å²) in [4.78, 5) is 60.4. The van der Waals surface area contributed by atoms with Crippen LogP contribution in [0.1, 0.15) is 67.2 Å². The number of alkyl carbamates (subject to hydrolysis) is 1. The first-order chi connectivity index (χ1) is 26.6. The highest BCUT2D eigenvalue weighted by atomic mass is 35.5. The Bertz CT molecular complexity index is 2140. The smallest absolute Gasteiger partial charge is 0.407 e. The van der Waals surface area contributed by atoms with Gasteiger partial charge in [-0.05, 0) is 63.6 Å². The summed E-state index contributed by atoms with van der Waals surface area (Å²) < 4.78 is 5.14. The number of quaternary nitrogens is 1. The van der Waals surface area contributed by atoms with Gasteiger partial charge in [-0.25, -0.2) is 24.7 Å². The number of halogens is 1. The molecule has 0 aliphatic rings. The van der Waals surface area contributed by atoms with Crippen LogP contribution in [0.2, 0.25) is 0 Å². The SMILES string of the molecule is CC(C)(C)OC(=O)NCCCC(=O)c1ccc(-c2nnc(-c3ncccn3)nn2)nc1.[Cl-].[NH3+]CCCC(=O)c1ccc(-c2nnc(-c3ncccn3)nn2)nc1. The van der Waals surface area contributed by atoms with Crippen molar-refractivity contribution in [3.8, 4) is 46.3 Å². The lowest BCUT2D eigenvalue weighted by atomic mass is 10.1. The molecule has 0 atom stereocenters. The van der Waals surface area contributed by atoms with Crippen LogP contribution >= 0.6 is 0 Å². The molecule has 288 valence electrons. The summed E-state index contributed by atoms with van der Waals surface area (Å²) in [6.07, 6.45) is 10.8. The Morgan fingerprint density at radius 1 is 0.589 bits per heavy atom. The number of nitrogens with one attached hydrogen (secondary N) is 1. The van der Waals surface area contributed by atoms with E-state index in [-0.39, 0.29) is 53.7 Å². The van der Waals surface area contributed by atoms with E-state index in [0.717, 1.165) is 13.0 Å². The third kappa shape index (κ3) is 12.7. The van der Waals surface area contributed by atoms with Gasteiger partial charge in [0.15, 0.2) is 11.6 Å². The van der Waals surface area contributed by atoms with Crippen molar-refractivity contribution in [2.45, 2.75) is 52.1 Å². The first kappa shape index (κ1) is 41.9. The Balaban J connectivity index is 0.000000252. The molecular formula is C35H37ClN16O4. The van der Waals surface area contributed by atoms with Crippen LogP contribution in [0.5, 0.6) is 0 Å². The Morgan fingerprint density at radius 3 is 1.38 bits per heavy atom. The highest BCUT2D eigenvalue weighted by Gasteiger charge is 2.16. The number of carbonyl (C=O) groups is 3. The minimum atomic E-state index is -0.558. The summed E-state index contributed by atoms with van der Waals surface area (Å²) in [5.41, 5.74) is 5.11. The fourth-order valence-corrected chi connectivity index (χ4v) is 4.38. The fraction of sp³-hybridized carbons (Fsp3) is 0.286. The molecule has 56 heavy (non-hydrogen) atoms. The maximum Gasteiger partial charge on any atom is 0.407 e. The van der Waals surface area contributed by atoms with Gasteiger partial charge in [0.1, 0.15) is 17.0 Å². The minimum absolute atomic E-state index is 0. The Morgan fingerprint density at radius 2 is 1.00 bits per heavy atom. The first-order valence-corrected chi connectivity index (χ1v) is 17.0. The van der Waals surface area contributed by atoms with E-state index in [0.29, 0.717) is 53.5 Å². The lowest BCUT2D eigenvalue weighted by Crippen LogP contribution is -3.00. The van der Waals surface area contributed by atoms with E-state index in [9.17, 15) is 14.4 Å². The second-order valence-corrected chi connectivity index (χ2v) is 12.4. The molecule has 6 aromatic heterocycles. The van der Waals surface area contributed by atoms with Crippen molar-refractivity contribution in [3.63, 3.8) is 0 Å². The molecule has 6 rings (SSSR count). The zero-order valence-corrected chi connectivity index (χ0v) is 31.4. The van der Waals surface area contributed by atoms with Gasteiger partial charge in [0.2, 0.25) is 34.9 Å². The fourth-order valence-electron chi connectivity index (χ4n) is 4.38. The summed E-state index contributed by atoms with van der Waals surface area (Å²) in [6, 6.07) is 10.0. The Labute approximate surface area is 326 Å². The van der Waals surface area contributed by atoms with Gasteiger partial charge in [0.25, 0.3) is 0 Å². The van der Waals surface area contributed by atoms with Crippen LogP contribution in [-0.4, -0.2) is 107 Å². The van der Waals surface area contributed by atoms with Gasteiger partial charge < -0.3 is 28.2 Å². The molecule has 4 N–H and O–H groups in total. The van der Waals surface area contributed by atoms with Gasteiger partial charge >= 0.3 is 6.09 Å². The van der Waals surface area contributed by atoms with Crippen molar-refractivity contribution in [2.24, 2.45) is 0 Å². The van der Waals surface area contributed by atoms with Crippen LogP contribution in [0.4, 0.5) is 4.79 Å². The van der Waals surface area contributed by atoms with E-state index >= 15 is 0 Å². The minimum Gasteiger partial charge on any atom is -1.00 e. The summed E-state index contributed by atoms with van der Waals surface area (Å²) in [5, 5.41) is 34.5. The maximum atomic E-state index is 12.3. The average molecular weight is 781 g/mol. The van der Waals surface area contributed by atoms with Crippen molar-refractivity contribution >= 4 is 17.7 Å². The molecule has 20 nitrogen and oxygen atoms in total. The third-order valence-corrected chi connectivity index (χ3v) is 7.02. The number of ketones is 2. The summed E-state index contributed by atoms with van der Waals surface area (Å²) in [6.45, 7) is 6.44. The van der Waals surface area contributed by atoms with Crippen molar-refractivity contribution in [2.75, 3.05) is 13.1 Å². The zero-order chi connectivity index (χ0) is 39.0. The number of rotatable bonds is 13. The lowest BCUT2D eigenvalue weighted by Gasteiger charge is -2.19. The van der Waals surface area contributed by atoms with Gasteiger partial charge in [-0.2, -0.15) is 0 Å². The van der Waals surface area contributed by atoms with E-state index in [1.165, 1.54) is 12.4 Å². The largest absolute Gasteiger partial charge is 1.00 e. The number of Topliss-reactive ketones (excluding diaryl/α,β-unsaturated/α-hetero) is 2. The van der Waals surface area contributed by atoms with Crippen LogP contribution in [0, 0.1) is 0 Å². The monoisotopic (exact) mass is 780 g/mol. The van der Waals surface area contributed by atoms with Crippen molar-refractivity contribution in [3.05, 3.63) is 84.7 Å². The molecule has 6 heterocycles. The average Bonchev–Trinajstić information content (AvgIpc) is 3.22. The third-order valence-electron chi connectivity index (χ3n) is 7.02. The number of hydrogen-bond donors (Lipinski definition) is 2. The van der Waals surface area contributed by atoms with Crippen LogP contribution in [0.15, 0.2) is 73.6 Å². The molecule has 0 saturated heterocycles. The molecule has 0 saturated carbocycles. The number of amides is 1. The van der Waals surface area contributed by atoms with E-state index in [2.05, 4.69) is 81.7 Å². The molecule has 1 amide bonds. The second kappa shape index (κ2) is 20.6. The molecule has 6 aromatic rings. The predicted octanol–water partition coefficient (Wildman–Crippen LogP) is -0.732. The first-order valence-electron chi connectivity index (χ1n) is 17.0. The number of nitrogens with zero attached hydrogens (tertiary/aromatic N) is 14. The molecule has 0 unspecified atom stereocenters. The number of ether oxygens (including phenoxy) is 1. The van der Waals surface area contributed by atoms with Crippen molar-refractivity contribution in [1.29, 1.82) is 0 Å². The van der Waals surface area contributed by atoms with Gasteiger partial charge in [0, 0.05) is 74.1 Å². The van der Waals surface area contributed by atoms with Crippen LogP contribution in [0.25, 0.3) is 46.3 Å². The van der Waals surface area contributed by atoms with Gasteiger partial charge in [-0.15, -0.1) is 40.8 Å². The zero-order valence-electron chi connectivity index (χ0n) is 30.6. The van der Waals surface area contributed by atoms with Crippen LogP contribution in [-0.2, 0) is 4.74 Å². The summed E-state index contributed by atoms with van der Waals surface area (Å²) in [5.74, 6) is 1.57. The molecule has 0 aliphatic carbocycles. The second-order valence-electron chi connectivity index (χ2n) is 12.4. The maximum absolute atomic E-state index is 12.3. The highest BCUT2D eigenvalue weighted by molar-refractivity contribution is 5.96. The van der Waals surface area contributed by atoms with Gasteiger partial charge in [0.05, 0.1) is 6.54 Å². The normalized spacial score (nSPS) is 10.6. The van der Waals surface area contributed by atoms with Gasteiger partial charge in [-0.1, -0.05) is 0 Å². The van der Waals surface area contributed by atoms with Crippen molar-refractivity contribution in [1.82, 2.24) is 76.0 Å². The quantitative estimate of drug-likeness (QED) is 0.108. The topological polar surface area (TPSA) is 281 Å². The highest BCUT2D eigenvalue weighted by Crippen LogP contribution is 2.15. The molecule has 0 radical (unpaired) electrons. The molecule has 0 bridgehead atoms. The van der Waals surface area contributed by atoms with Crippen LogP contribution in [0.3, 0.4) is 0 Å². The molecule has 0 aliphatic heterocycles. The lowest BCUT2D eigenvalue weighted by molar-refractivity contribution is -0.368. The van der Waals surface area contributed by atoms with E-state index < -0.39 is 11.7 Å². The molecule has 0 fully saturated rings. The Hall–Kier alpha value is -6.80. The number of carbonyl (C=O) groups excluding carboxylic acids is 3. The van der Waals surface area contributed by atoms with E-state index in [1.807, 2.05) is 0 Å². The van der Waals surface area contributed by atoms with Crippen LogP contribution < -0.4 is 23.5 Å². The van der Waals surface area contributed by atoms with E-state index in [1.54, 1.807) is 82.0 Å². The predicted molar refractivity (Wildman–Crippen MR) is 193 cm³/mol. The number of hydrogen-bond acceptors (Lipinski definition) is 18. The number of pyridine rings is 2. The summed E-state index contributed by atoms with van der Waals surface area (Å²) in [7, 11) is 0. The molecule has 0 aromatic carbocycles. The number of aromatic nitrogens is 14. The summed E-state index contributed by atoms with van der Waals surface area (Å²) >= 11 is 0. The molecule has 21 heteroatoms.